The summed E-state index contributed by atoms with van der Waals surface area (Å²) in [7, 11) is 3.01. The van der Waals surface area contributed by atoms with Crippen molar-refractivity contribution in [3.63, 3.8) is 0 Å². The van der Waals surface area contributed by atoms with Crippen LogP contribution in [0.4, 0.5) is 5.69 Å². The van der Waals surface area contributed by atoms with Gasteiger partial charge < -0.3 is 29.0 Å². The molecule has 1 heterocycles. The maximum atomic E-state index is 12.2. The van der Waals surface area contributed by atoms with E-state index in [-0.39, 0.29) is 6.10 Å². The van der Waals surface area contributed by atoms with Crippen LogP contribution in [0.25, 0.3) is 0 Å². The van der Waals surface area contributed by atoms with Crippen molar-refractivity contribution in [2.75, 3.05) is 39.4 Å². The van der Waals surface area contributed by atoms with Crippen molar-refractivity contribution in [1.82, 2.24) is 0 Å². The summed E-state index contributed by atoms with van der Waals surface area (Å²) in [5.41, 5.74) is 0.747. The minimum absolute atomic E-state index is 0.122. The highest BCUT2D eigenvalue weighted by molar-refractivity contribution is 5.96. The van der Waals surface area contributed by atoms with Crippen molar-refractivity contribution in [2.45, 2.75) is 18.9 Å². The quantitative estimate of drug-likeness (QED) is 0.629. The third-order valence-corrected chi connectivity index (χ3v) is 4.56. The van der Waals surface area contributed by atoms with E-state index in [1.807, 2.05) is 0 Å². The van der Waals surface area contributed by atoms with Crippen LogP contribution < -0.4 is 19.5 Å². The highest BCUT2D eigenvalue weighted by Gasteiger charge is 2.16. The van der Waals surface area contributed by atoms with Gasteiger partial charge in [-0.25, -0.2) is 4.79 Å². The van der Waals surface area contributed by atoms with Crippen molar-refractivity contribution in [2.24, 2.45) is 0 Å². The molecule has 1 saturated heterocycles. The highest BCUT2D eigenvalue weighted by atomic mass is 16.5. The van der Waals surface area contributed by atoms with Crippen molar-refractivity contribution >= 4 is 17.6 Å². The SMILES string of the molecule is COc1ccc(OC)c(NC(=O)COC(=O)c2ccc(OC[C@@H]3CCCO3)cc2)c1. The fourth-order valence-corrected chi connectivity index (χ4v) is 2.96. The number of methoxy groups -OCH3 is 2. The molecule has 1 fully saturated rings. The molecule has 1 amide bonds. The highest BCUT2D eigenvalue weighted by Crippen LogP contribution is 2.28. The Morgan fingerprint density at radius 3 is 2.50 bits per heavy atom. The smallest absolute Gasteiger partial charge is 0.338 e. The number of amides is 1. The average Bonchev–Trinajstić information content (AvgIpc) is 3.30. The van der Waals surface area contributed by atoms with Gasteiger partial charge in [-0.05, 0) is 49.2 Å². The lowest BCUT2D eigenvalue weighted by molar-refractivity contribution is -0.119. The van der Waals surface area contributed by atoms with Gasteiger partial charge in [-0.1, -0.05) is 0 Å². The molecule has 160 valence electrons. The number of anilines is 1. The maximum absolute atomic E-state index is 12.2. The number of carbonyl (C=O) groups is 2. The second kappa shape index (κ2) is 10.5. The monoisotopic (exact) mass is 415 g/mol. The number of benzene rings is 2. The van der Waals surface area contributed by atoms with E-state index in [1.165, 1.54) is 14.2 Å². The Morgan fingerprint density at radius 2 is 1.83 bits per heavy atom. The molecule has 0 saturated carbocycles. The number of nitrogens with one attached hydrogen (secondary N) is 1. The van der Waals surface area contributed by atoms with Crippen LogP contribution in [0.1, 0.15) is 23.2 Å². The fraction of sp³-hybridized carbons (Fsp3) is 0.364. The van der Waals surface area contributed by atoms with E-state index in [4.69, 9.17) is 23.7 Å². The molecule has 3 rings (SSSR count). The maximum Gasteiger partial charge on any atom is 0.338 e. The molecule has 1 aliphatic rings. The van der Waals surface area contributed by atoms with E-state index in [9.17, 15) is 9.59 Å². The molecule has 8 nitrogen and oxygen atoms in total. The van der Waals surface area contributed by atoms with Gasteiger partial charge in [-0.2, -0.15) is 0 Å². The van der Waals surface area contributed by atoms with Crippen LogP contribution in [0.3, 0.4) is 0 Å². The van der Waals surface area contributed by atoms with Crippen LogP contribution in [0.15, 0.2) is 42.5 Å². The lowest BCUT2D eigenvalue weighted by Gasteiger charge is -2.12. The molecular weight excluding hydrogens is 390 g/mol. The van der Waals surface area contributed by atoms with Gasteiger partial charge in [0.2, 0.25) is 0 Å². The summed E-state index contributed by atoms with van der Waals surface area (Å²) in [6.45, 7) is 0.825. The molecule has 2 aromatic rings. The third-order valence-electron chi connectivity index (χ3n) is 4.56. The average molecular weight is 415 g/mol. The van der Waals surface area contributed by atoms with E-state index in [0.717, 1.165) is 19.4 Å². The summed E-state index contributed by atoms with van der Waals surface area (Å²) in [5, 5.41) is 2.64. The van der Waals surface area contributed by atoms with E-state index in [2.05, 4.69) is 5.32 Å². The van der Waals surface area contributed by atoms with Gasteiger partial charge >= 0.3 is 5.97 Å². The summed E-state index contributed by atoms with van der Waals surface area (Å²) in [6, 6.07) is 11.6. The van der Waals surface area contributed by atoms with Crippen molar-refractivity contribution < 1.29 is 33.3 Å². The van der Waals surface area contributed by atoms with Gasteiger partial charge in [-0.3, -0.25) is 4.79 Å². The number of ether oxygens (including phenoxy) is 5. The predicted octanol–water partition coefficient (Wildman–Crippen LogP) is 3.06. The van der Waals surface area contributed by atoms with Crippen LogP contribution in [0.2, 0.25) is 0 Å². The number of esters is 1. The van der Waals surface area contributed by atoms with Gasteiger partial charge in [0.05, 0.1) is 31.6 Å². The van der Waals surface area contributed by atoms with Crippen LogP contribution in [-0.4, -0.2) is 52.0 Å². The molecule has 8 heteroatoms. The summed E-state index contributed by atoms with van der Waals surface area (Å²) in [4.78, 5) is 24.4. The molecule has 0 aromatic heterocycles. The first-order valence-corrected chi connectivity index (χ1v) is 9.62. The Bertz CT molecular complexity index is 860. The lowest BCUT2D eigenvalue weighted by atomic mass is 10.2. The van der Waals surface area contributed by atoms with Gasteiger partial charge in [0.15, 0.2) is 6.61 Å². The first kappa shape index (κ1) is 21.4. The molecule has 0 bridgehead atoms. The summed E-state index contributed by atoms with van der Waals surface area (Å²) < 4.78 is 26.6. The second-order valence-corrected chi connectivity index (χ2v) is 6.66. The summed E-state index contributed by atoms with van der Waals surface area (Å²) in [5.74, 6) is 0.573. The normalized spacial score (nSPS) is 15.3. The zero-order chi connectivity index (χ0) is 21.3. The van der Waals surface area contributed by atoms with E-state index in [1.54, 1.807) is 42.5 Å². The Kier molecular flexibility index (Phi) is 7.51. The standard InChI is InChI=1S/C22H25NO7/c1-26-17-9-10-20(27-2)19(12-17)23-21(24)14-30-22(25)15-5-7-16(8-6-15)29-13-18-4-3-11-28-18/h5-10,12,18H,3-4,11,13-14H2,1-2H3,(H,23,24)/t18-/m0/s1. The van der Waals surface area contributed by atoms with Crippen molar-refractivity contribution in [1.29, 1.82) is 0 Å². The molecule has 1 N–H and O–H groups in total. The minimum Gasteiger partial charge on any atom is -0.497 e. The van der Waals surface area contributed by atoms with Crippen LogP contribution in [0.5, 0.6) is 17.2 Å². The zero-order valence-electron chi connectivity index (χ0n) is 17.0. The topological polar surface area (TPSA) is 92.3 Å². The molecule has 0 spiro atoms. The molecular formula is C22H25NO7. The molecule has 0 radical (unpaired) electrons. The predicted molar refractivity (Wildman–Crippen MR) is 109 cm³/mol. The third kappa shape index (κ3) is 5.87. The molecule has 1 atom stereocenters. The van der Waals surface area contributed by atoms with Gasteiger partial charge in [-0.15, -0.1) is 0 Å². The Morgan fingerprint density at radius 1 is 1.07 bits per heavy atom. The minimum atomic E-state index is -0.603. The van der Waals surface area contributed by atoms with E-state index >= 15 is 0 Å². The Balaban J connectivity index is 1.48. The zero-order valence-corrected chi connectivity index (χ0v) is 17.0. The molecule has 30 heavy (non-hydrogen) atoms. The summed E-state index contributed by atoms with van der Waals surface area (Å²) >= 11 is 0. The number of rotatable bonds is 9. The van der Waals surface area contributed by atoms with Crippen LogP contribution in [-0.2, 0) is 14.3 Å². The van der Waals surface area contributed by atoms with E-state index in [0.29, 0.717) is 35.1 Å². The Hall–Kier alpha value is -3.26. The fourth-order valence-electron chi connectivity index (χ4n) is 2.96. The molecule has 1 aliphatic heterocycles. The molecule has 0 unspecified atom stereocenters. The van der Waals surface area contributed by atoms with Crippen molar-refractivity contribution in [3.8, 4) is 17.2 Å². The largest absolute Gasteiger partial charge is 0.497 e. The van der Waals surface area contributed by atoms with Gasteiger partial charge in [0, 0.05) is 12.7 Å². The van der Waals surface area contributed by atoms with Gasteiger partial charge in [0.1, 0.15) is 23.9 Å². The summed E-state index contributed by atoms with van der Waals surface area (Å²) in [6.07, 6.45) is 2.17. The van der Waals surface area contributed by atoms with Crippen LogP contribution >= 0.6 is 0 Å². The molecule has 0 aliphatic carbocycles. The Labute approximate surface area is 175 Å². The lowest BCUT2D eigenvalue weighted by Crippen LogP contribution is -2.21. The van der Waals surface area contributed by atoms with Crippen LogP contribution in [0, 0.1) is 0 Å². The second-order valence-electron chi connectivity index (χ2n) is 6.66. The molecule has 2 aromatic carbocycles. The number of carbonyl (C=O) groups excluding carboxylic acids is 2. The number of hydrogen-bond donors (Lipinski definition) is 1. The number of hydrogen-bond acceptors (Lipinski definition) is 7. The first-order chi connectivity index (χ1) is 14.6. The first-order valence-electron chi connectivity index (χ1n) is 9.62. The van der Waals surface area contributed by atoms with Gasteiger partial charge in [0.25, 0.3) is 5.91 Å². The van der Waals surface area contributed by atoms with Crippen molar-refractivity contribution in [3.05, 3.63) is 48.0 Å². The van der Waals surface area contributed by atoms with E-state index < -0.39 is 18.5 Å².